The molecule has 188 valence electrons. The minimum absolute atomic E-state index is 0.0607. The number of aliphatic hydroxyl groups is 1. The molecule has 1 aliphatic heterocycles. The van der Waals surface area contributed by atoms with Gasteiger partial charge in [-0.25, -0.2) is 0 Å². The van der Waals surface area contributed by atoms with Gasteiger partial charge in [0, 0.05) is 37.3 Å². The van der Waals surface area contributed by atoms with Crippen LogP contribution in [0.3, 0.4) is 0 Å². The van der Waals surface area contributed by atoms with E-state index in [-0.39, 0.29) is 24.4 Å². The number of hydrogen-bond acceptors (Lipinski definition) is 4. The molecular formula is C27H32F3N3O2. The van der Waals surface area contributed by atoms with Crippen LogP contribution in [0.4, 0.5) is 13.2 Å². The second-order valence-electron chi connectivity index (χ2n) is 10.4. The fourth-order valence-electron chi connectivity index (χ4n) is 6.03. The number of fused-ring (bicyclic) bond motifs is 1. The van der Waals surface area contributed by atoms with E-state index < -0.39 is 17.3 Å². The monoisotopic (exact) mass is 487 g/mol. The van der Waals surface area contributed by atoms with Gasteiger partial charge in [0.15, 0.2) is 0 Å². The summed E-state index contributed by atoms with van der Waals surface area (Å²) >= 11 is 0. The zero-order chi connectivity index (χ0) is 24.6. The lowest BCUT2D eigenvalue weighted by Gasteiger charge is -2.37. The van der Waals surface area contributed by atoms with Gasteiger partial charge in [-0.2, -0.15) is 13.2 Å². The predicted octanol–water partition coefficient (Wildman–Crippen LogP) is 4.57. The van der Waals surface area contributed by atoms with Crippen molar-refractivity contribution in [2.24, 2.45) is 5.92 Å². The first-order chi connectivity index (χ1) is 16.7. The molecule has 2 aliphatic carbocycles. The average molecular weight is 488 g/mol. The Balaban J connectivity index is 1.13. The molecule has 0 radical (unpaired) electrons. The molecule has 2 fully saturated rings. The summed E-state index contributed by atoms with van der Waals surface area (Å²) in [6.45, 7) is 0.807. The summed E-state index contributed by atoms with van der Waals surface area (Å²) in [4.78, 5) is 19.3. The summed E-state index contributed by atoms with van der Waals surface area (Å²) in [5.74, 6) is -0.0283. The molecule has 0 spiro atoms. The van der Waals surface area contributed by atoms with Crippen LogP contribution >= 0.6 is 0 Å². The molecule has 3 aliphatic rings. The van der Waals surface area contributed by atoms with Crippen molar-refractivity contribution in [3.8, 4) is 0 Å². The lowest BCUT2D eigenvalue weighted by molar-refractivity contribution is -0.137. The number of rotatable bonds is 4. The van der Waals surface area contributed by atoms with Gasteiger partial charge in [-0.3, -0.25) is 9.78 Å². The molecular weight excluding hydrogens is 455 g/mol. The Morgan fingerprint density at radius 1 is 1.06 bits per heavy atom. The molecule has 2 saturated carbocycles. The maximum Gasteiger partial charge on any atom is 0.416 e. The van der Waals surface area contributed by atoms with Crippen LogP contribution < -0.4 is 5.32 Å². The van der Waals surface area contributed by atoms with Crippen molar-refractivity contribution in [3.63, 3.8) is 0 Å². The van der Waals surface area contributed by atoms with Crippen LogP contribution in [-0.4, -0.2) is 39.5 Å². The molecule has 0 bridgehead atoms. The number of carbonyl (C=O) groups is 1. The van der Waals surface area contributed by atoms with E-state index in [0.29, 0.717) is 37.4 Å². The second-order valence-corrected chi connectivity index (χ2v) is 10.4. The van der Waals surface area contributed by atoms with Gasteiger partial charge in [0.25, 0.3) is 0 Å². The fraction of sp³-hybridized carbons (Fsp3) is 0.556. The molecule has 8 heteroatoms. The molecule has 0 unspecified atom stereocenters. The Labute approximate surface area is 203 Å². The molecule has 2 aromatic rings. The van der Waals surface area contributed by atoms with Crippen LogP contribution in [0.25, 0.3) is 0 Å². The van der Waals surface area contributed by atoms with Gasteiger partial charge in [0.2, 0.25) is 5.91 Å². The number of carbonyl (C=O) groups excluding carboxylic acids is 1. The quantitative estimate of drug-likeness (QED) is 0.663. The molecule has 2 heterocycles. The first kappa shape index (κ1) is 24.3. The largest absolute Gasteiger partial charge is 0.416 e. The Morgan fingerprint density at radius 2 is 1.86 bits per heavy atom. The fourth-order valence-corrected chi connectivity index (χ4v) is 6.03. The van der Waals surface area contributed by atoms with Crippen LogP contribution in [0.15, 0.2) is 42.6 Å². The summed E-state index contributed by atoms with van der Waals surface area (Å²) in [5.41, 5.74) is 0.712. The maximum atomic E-state index is 13.2. The average Bonchev–Trinajstić information content (AvgIpc) is 3.33. The lowest BCUT2D eigenvalue weighted by Crippen LogP contribution is -2.44. The van der Waals surface area contributed by atoms with Crippen molar-refractivity contribution < 1.29 is 23.1 Å². The van der Waals surface area contributed by atoms with E-state index in [1.165, 1.54) is 6.07 Å². The number of benzene rings is 1. The molecule has 2 N–H and O–H groups in total. The van der Waals surface area contributed by atoms with Gasteiger partial charge in [0.05, 0.1) is 11.3 Å². The van der Waals surface area contributed by atoms with E-state index in [9.17, 15) is 23.1 Å². The number of nitrogens with zero attached hydrogens (tertiary/aromatic N) is 2. The lowest BCUT2D eigenvalue weighted by atomic mass is 9.79. The van der Waals surface area contributed by atoms with Crippen molar-refractivity contribution in [3.05, 3.63) is 65.0 Å². The minimum atomic E-state index is -4.38. The van der Waals surface area contributed by atoms with Gasteiger partial charge in [-0.15, -0.1) is 0 Å². The summed E-state index contributed by atoms with van der Waals surface area (Å²) in [6, 6.07) is 10.1. The van der Waals surface area contributed by atoms with Crippen LogP contribution in [0.5, 0.6) is 0 Å². The number of alkyl halides is 3. The van der Waals surface area contributed by atoms with Gasteiger partial charge >= 0.3 is 6.18 Å². The number of amides is 1. The van der Waals surface area contributed by atoms with Crippen LogP contribution in [0.2, 0.25) is 0 Å². The SMILES string of the molecule is O=C([C@H]1CC[C@@H](NC2CCC(O)(c3ccccn3)CC2)C1)N1CCc2ccc(C(F)(F)F)cc2C1. The van der Waals surface area contributed by atoms with Crippen molar-refractivity contribution in [2.45, 2.75) is 81.8 Å². The number of pyridine rings is 1. The summed E-state index contributed by atoms with van der Waals surface area (Å²) in [5, 5.41) is 14.7. The summed E-state index contributed by atoms with van der Waals surface area (Å²) in [7, 11) is 0. The highest BCUT2D eigenvalue weighted by atomic mass is 19.4. The molecule has 5 nitrogen and oxygen atoms in total. The van der Waals surface area contributed by atoms with Crippen LogP contribution in [-0.2, 0) is 29.5 Å². The molecule has 2 atom stereocenters. The number of halogens is 3. The molecule has 0 saturated heterocycles. The Bertz CT molecular complexity index is 1050. The Hall–Kier alpha value is -2.45. The van der Waals surface area contributed by atoms with Crippen molar-refractivity contribution in [1.82, 2.24) is 15.2 Å². The van der Waals surface area contributed by atoms with Gasteiger partial charge in [-0.05, 0) is 86.8 Å². The molecule has 5 rings (SSSR count). The van der Waals surface area contributed by atoms with E-state index >= 15 is 0 Å². The first-order valence-corrected chi connectivity index (χ1v) is 12.6. The zero-order valence-corrected chi connectivity index (χ0v) is 19.7. The van der Waals surface area contributed by atoms with E-state index in [4.69, 9.17) is 0 Å². The highest BCUT2D eigenvalue weighted by molar-refractivity contribution is 5.79. The summed E-state index contributed by atoms with van der Waals surface area (Å²) < 4.78 is 39.4. The van der Waals surface area contributed by atoms with Crippen LogP contribution in [0.1, 0.15) is 67.3 Å². The second kappa shape index (κ2) is 9.54. The number of hydrogen-bond donors (Lipinski definition) is 2. The maximum absolute atomic E-state index is 13.2. The van der Waals surface area contributed by atoms with Crippen molar-refractivity contribution >= 4 is 5.91 Å². The minimum Gasteiger partial charge on any atom is -0.384 e. The molecule has 1 aromatic carbocycles. The number of nitrogens with one attached hydrogen (secondary N) is 1. The zero-order valence-electron chi connectivity index (χ0n) is 19.7. The highest BCUT2D eigenvalue weighted by Gasteiger charge is 2.39. The summed E-state index contributed by atoms with van der Waals surface area (Å²) in [6.07, 6.45) is 3.42. The van der Waals surface area contributed by atoms with Crippen LogP contribution in [0, 0.1) is 5.92 Å². The Kier molecular flexibility index (Phi) is 6.61. The van der Waals surface area contributed by atoms with Crippen molar-refractivity contribution in [2.75, 3.05) is 6.54 Å². The molecule has 1 aromatic heterocycles. The van der Waals surface area contributed by atoms with Gasteiger partial charge in [0.1, 0.15) is 5.60 Å². The van der Waals surface area contributed by atoms with E-state index in [1.54, 1.807) is 17.2 Å². The topological polar surface area (TPSA) is 65.5 Å². The highest BCUT2D eigenvalue weighted by Crippen LogP contribution is 2.38. The van der Waals surface area contributed by atoms with Gasteiger partial charge in [-0.1, -0.05) is 12.1 Å². The van der Waals surface area contributed by atoms with E-state index in [2.05, 4.69) is 10.3 Å². The predicted molar refractivity (Wildman–Crippen MR) is 125 cm³/mol. The third-order valence-corrected chi connectivity index (χ3v) is 8.07. The van der Waals surface area contributed by atoms with Crippen molar-refractivity contribution in [1.29, 1.82) is 0 Å². The van der Waals surface area contributed by atoms with E-state index in [1.807, 2.05) is 18.2 Å². The molecule has 35 heavy (non-hydrogen) atoms. The standard InChI is InChI=1S/C27H32F3N3O2/c28-27(29,30)21-6-4-18-10-14-33(17-20(18)15-21)25(34)19-5-7-23(16-19)32-22-8-11-26(35,12-9-22)24-3-1-2-13-31-24/h1-4,6,13,15,19,22-23,32,35H,5,7-12,14,16-17H2/t19-,22?,23+,26?/m0/s1. The Morgan fingerprint density at radius 3 is 2.57 bits per heavy atom. The third kappa shape index (κ3) is 5.23. The van der Waals surface area contributed by atoms with E-state index in [0.717, 1.165) is 49.4 Å². The van der Waals surface area contributed by atoms with Gasteiger partial charge < -0.3 is 15.3 Å². The first-order valence-electron chi connectivity index (χ1n) is 12.6. The third-order valence-electron chi connectivity index (χ3n) is 8.07. The normalized spacial score (nSPS) is 29.1. The smallest absolute Gasteiger partial charge is 0.384 e. The number of aromatic nitrogens is 1. The molecule has 1 amide bonds.